The number of nitrogens with zero attached hydrogens (tertiary/aromatic N) is 1. The zero-order valence-electron chi connectivity index (χ0n) is 13.5. The van der Waals surface area contributed by atoms with Gasteiger partial charge in [-0.1, -0.05) is 6.07 Å². The van der Waals surface area contributed by atoms with Crippen molar-refractivity contribution in [2.24, 2.45) is 0 Å². The van der Waals surface area contributed by atoms with Gasteiger partial charge in [-0.15, -0.1) is 0 Å². The lowest BCUT2D eigenvalue weighted by molar-refractivity contribution is -0.123. The van der Waals surface area contributed by atoms with E-state index in [0.29, 0.717) is 6.54 Å². The van der Waals surface area contributed by atoms with Crippen molar-refractivity contribution in [1.29, 1.82) is 0 Å². The van der Waals surface area contributed by atoms with Crippen LogP contribution in [0.4, 0.5) is 13.2 Å². The van der Waals surface area contributed by atoms with Gasteiger partial charge in [0.05, 0.1) is 4.90 Å². The summed E-state index contributed by atoms with van der Waals surface area (Å²) < 4.78 is 63.4. The van der Waals surface area contributed by atoms with Crippen molar-refractivity contribution in [2.75, 3.05) is 32.7 Å². The van der Waals surface area contributed by atoms with Crippen LogP contribution in [-0.2, 0) is 10.0 Å². The molecule has 0 saturated carbocycles. The van der Waals surface area contributed by atoms with Crippen LogP contribution in [0.3, 0.4) is 0 Å². The number of amides is 1. The van der Waals surface area contributed by atoms with Crippen LogP contribution in [-0.4, -0.2) is 58.1 Å². The van der Waals surface area contributed by atoms with Crippen LogP contribution >= 0.6 is 0 Å². The summed E-state index contributed by atoms with van der Waals surface area (Å²) in [7, 11) is -3.83. The topological polar surface area (TPSA) is 78.5 Å². The number of carbonyl (C=O) groups is 1. The number of halogens is 3. The first-order chi connectivity index (χ1) is 11.7. The second kappa shape index (κ2) is 8.15. The number of nitrogens with one attached hydrogen (secondary N) is 2. The van der Waals surface area contributed by atoms with E-state index in [2.05, 4.69) is 9.62 Å². The Bertz CT molecular complexity index is 701. The maximum absolute atomic E-state index is 12.3. The molecule has 0 unspecified atom stereocenters. The Kier molecular flexibility index (Phi) is 6.42. The van der Waals surface area contributed by atoms with Crippen molar-refractivity contribution < 1.29 is 26.4 Å². The number of sulfonamides is 1. The molecule has 1 saturated heterocycles. The van der Waals surface area contributed by atoms with Gasteiger partial charge in [0.15, 0.2) is 0 Å². The largest absolute Gasteiger partial charge is 0.405 e. The van der Waals surface area contributed by atoms with Crippen LogP contribution < -0.4 is 10.0 Å². The standard InChI is InChI=1S/C15H20F3N3O3S/c16-15(17,18)11-19-14(22)12-4-3-5-13(10-12)25(23,24)20-6-9-21-7-1-2-8-21/h3-5,10,20H,1-2,6-9,11H2,(H,19,22). The minimum Gasteiger partial charge on any atom is -0.343 e. The first kappa shape index (κ1) is 19.7. The summed E-state index contributed by atoms with van der Waals surface area (Å²) in [6.07, 6.45) is -2.33. The van der Waals surface area contributed by atoms with Crippen LogP contribution in [0.1, 0.15) is 23.2 Å². The van der Waals surface area contributed by atoms with Crippen LogP contribution in [0.25, 0.3) is 0 Å². The summed E-state index contributed by atoms with van der Waals surface area (Å²) in [6, 6.07) is 4.93. The van der Waals surface area contributed by atoms with E-state index in [1.807, 2.05) is 0 Å². The molecule has 2 rings (SSSR count). The van der Waals surface area contributed by atoms with E-state index < -0.39 is 28.7 Å². The number of carbonyl (C=O) groups excluding carboxylic acids is 1. The van der Waals surface area contributed by atoms with Crippen molar-refractivity contribution in [2.45, 2.75) is 23.9 Å². The molecule has 6 nitrogen and oxygen atoms in total. The Balaban J connectivity index is 1.97. The van der Waals surface area contributed by atoms with E-state index >= 15 is 0 Å². The zero-order valence-corrected chi connectivity index (χ0v) is 14.3. The van der Waals surface area contributed by atoms with E-state index in [1.54, 1.807) is 5.32 Å². The molecule has 1 aromatic rings. The lowest BCUT2D eigenvalue weighted by Crippen LogP contribution is -2.34. The fourth-order valence-corrected chi connectivity index (χ4v) is 3.58. The van der Waals surface area contributed by atoms with Crippen molar-refractivity contribution in [3.8, 4) is 0 Å². The summed E-state index contributed by atoms with van der Waals surface area (Å²) in [4.78, 5) is 13.7. The van der Waals surface area contributed by atoms with Crippen LogP contribution in [0.5, 0.6) is 0 Å². The number of rotatable bonds is 7. The Labute approximate surface area is 144 Å². The van der Waals surface area contributed by atoms with Crippen molar-refractivity contribution in [1.82, 2.24) is 14.9 Å². The van der Waals surface area contributed by atoms with Gasteiger partial charge in [-0.05, 0) is 44.1 Å². The highest BCUT2D eigenvalue weighted by Gasteiger charge is 2.28. The molecule has 1 aliphatic rings. The Hall–Kier alpha value is -1.65. The summed E-state index contributed by atoms with van der Waals surface area (Å²) in [5, 5.41) is 1.71. The molecule has 0 aromatic heterocycles. The van der Waals surface area contributed by atoms with Gasteiger partial charge < -0.3 is 10.2 Å². The van der Waals surface area contributed by atoms with Gasteiger partial charge in [0.1, 0.15) is 6.54 Å². The fourth-order valence-electron chi connectivity index (χ4n) is 2.51. The number of benzene rings is 1. The van der Waals surface area contributed by atoms with Gasteiger partial charge in [-0.3, -0.25) is 4.79 Å². The van der Waals surface area contributed by atoms with Crippen molar-refractivity contribution in [3.63, 3.8) is 0 Å². The monoisotopic (exact) mass is 379 g/mol. The highest BCUT2D eigenvalue weighted by molar-refractivity contribution is 7.89. The lowest BCUT2D eigenvalue weighted by atomic mass is 10.2. The first-order valence-corrected chi connectivity index (χ1v) is 9.33. The molecule has 1 aliphatic heterocycles. The van der Waals surface area contributed by atoms with E-state index in [-0.39, 0.29) is 17.0 Å². The van der Waals surface area contributed by atoms with Gasteiger partial charge in [0.25, 0.3) is 5.91 Å². The number of hydrogen-bond donors (Lipinski definition) is 2. The summed E-state index contributed by atoms with van der Waals surface area (Å²) in [5.74, 6) is -0.980. The summed E-state index contributed by atoms with van der Waals surface area (Å²) >= 11 is 0. The Morgan fingerprint density at radius 1 is 1.20 bits per heavy atom. The third kappa shape index (κ3) is 6.29. The molecular formula is C15H20F3N3O3S. The minimum absolute atomic E-state index is 0.147. The highest BCUT2D eigenvalue weighted by atomic mass is 32.2. The molecule has 0 aliphatic carbocycles. The molecule has 0 radical (unpaired) electrons. The normalized spacial score (nSPS) is 16.1. The van der Waals surface area contributed by atoms with Gasteiger partial charge >= 0.3 is 6.18 Å². The lowest BCUT2D eigenvalue weighted by Gasteiger charge is -2.15. The quantitative estimate of drug-likeness (QED) is 0.750. The molecule has 140 valence electrons. The second-order valence-electron chi connectivity index (χ2n) is 5.77. The average Bonchev–Trinajstić information content (AvgIpc) is 3.05. The maximum atomic E-state index is 12.3. The molecular weight excluding hydrogens is 359 g/mol. The molecule has 25 heavy (non-hydrogen) atoms. The number of likely N-dealkylation sites (tertiary alicyclic amines) is 1. The fraction of sp³-hybridized carbons (Fsp3) is 0.533. The molecule has 2 N–H and O–H groups in total. The van der Waals surface area contributed by atoms with Gasteiger partial charge in [-0.25, -0.2) is 13.1 Å². The smallest absolute Gasteiger partial charge is 0.343 e. The number of alkyl halides is 3. The minimum atomic E-state index is -4.53. The molecule has 1 aromatic carbocycles. The second-order valence-corrected chi connectivity index (χ2v) is 7.54. The van der Waals surface area contributed by atoms with Gasteiger partial charge in [0, 0.05) is 18.7 Å². The number of hydrogen-bond acceptors (Lipinski definition) is 4. The molecule has 1 fully saturated rings. The average molecular weight is 379 g/mol. The van der Waals surface area contributed by atoms with Crippen molar-refractivity contribution >= 4 is 15.9 Å². The molecule has 1 amide bonds. The van der Waals surface area contributed by atoms with Gasteiger partial charge in [0.2, 0.25) is 10.0 Å². The van der Waals surface area contributed by atoms with Crippen LogP contribution in [0.15, 0.2) is 29.2 Å². The molecule has 0 bridgehead atoms. The molecule has 0 atom stereocenters. The van der Waals surface area contributed by atoms with E-state index in [4.69, 9.17) is 0 Å². The van der Waals surface area contributed by atoms with E-state index in [0.717, 1.165) is 32.0 Å². The first-order valence-electron chi connectivity index (χ1n) is 7.84. The van der Waals surface area contributed by atoms with E-state index in [1.165, 1.54) is 18.2 Å². The van der Waals surface area contributed by atoms with Gasteiger partial charge in [-0.2, -0.15) is 13.2 Å². The Morgan fingerprint density at radius 3 is 2.52 bits per heavy atom. The molecule has 10 heteroatoms. The highest BCUT2D eigenvalue weighted by Crippen LogP contribution is 2.14. The summed E-state index contributed by atoms with van der Waals surface area (Å²) in [5.41, 5.74) is -0.147. The predicted molar refractivity (Wildman–Crippen MR) is 85.7 cm³/mol. The third-order valence-electron chi connectivity index (χ3n) is 3.77. The molecule has 0 spiro atoms. The SMILES string of the molecule is O=C(NCC(F)(F)F)c1cccc(S(=O)(=O)NCCN2CCCC2)c1. The Morgan fingerprint density at radius 2 is 1.88 bits per heavy atom. The van der Waals surface area contributed by atoms with Crippen LogP contribution in [0, 0.1) is 0 Å². The molecule has 1 heterocycles. The zero-order chi connectivity index (χ0) is 18.5. The summed E-state index contributed by atoms with van der Waals surface area (Å²) in [6.45, 7) is 1.22. The third-order valence-corrected chi connectivity index (χ3v) is 5.23. The van der Waals surface area contributed by atoms with E-state index in [9.17, 15) is 26.4 Å². The van der Waals surface area contributed by atoms with Crippen LogP contribution in [0.2, 0.25) is 0 Å². The van der Waals surface area contributed by atoms with Crippen molar-refractivity contribution in [3.05, 3.63) is 29.8 Å². The maximum Gasteiger partial charge on any atom is 0.405 e. The predicted octanol–water partition coefficient (Wildman–Crippen LogP) is 1.35.